The van der Waals surface area contributed by atoms with E-state index in [4.69, 9.17) is 14.2 Å². The molecule has 0 unspecified atom stereocenters. The summed E-state index contributed by atoms with van der Waals surface area (Å²) in [6, 6.07) is 3.47. The molecule has 0 fully saturated rings. The summed E-state index contributed by atoms with van der Waals surface area (Å²) >= 11 is 0. The number of ether oxygens (including phenoxy) is 3. The van der Waals surface area contributed by atoms with Gasteiger partial charge in [-0.05, 0) is 56.9 Å². The molecule has 7 nitrogen and oxygen atoms in total. The topological polar surface area (TPSA) is 94.7 Å². The number of carbonyl (C=O) groups is 3. The lowest BCUT2D eigenvalue weighted by Gasteiger charge is -2.07. The summed E-state index contributed by atoms with van der Waals surface area (Å²) in [6.07, 6.45) is 1.07. The van der Waals surface area contributed by atoms with E-state index in [0.29, 0.717) is 36.3 Å². The number of nitrogens with one attached hydrogen (secondary N) is 1. The molecule has 0 aliphatic heterocycles. The first-order valence-electron chi connectivity index (χ1n) is 9.63. The summed E-state index contributed by atoms with van der Waals surface area (Å²) in [5.74, 6) is -1.25. The quantitative estimate of drug-likeness (QED) is 0.520. The zero-order chi connectivity index (χ0) is 20.7. The molecule has 152 valence electrons. The maximum atomic E-state index is 12.5. The van der Waals surface area contributed by atoms with Gasteiger partial charge in [-0.1, -0.05) is 6.92 Å². The molecule has 1 N–H and O–H groups in total. The minimum absolute atomic E-state index is 0.123. The summed E-state index contributed by atoms with van der Waals surface area (Å²) in [6.45, 7) is 7.99. The Balaban J connectivity index is 2.59. The predicted octanol–water partition coefficient (Wildman–Crippen LogP) is 3.58. The van der Waals surface area contributed by atoms with Crippen molar-refractivity contribution in [3.8, 4) is 0 Å². The smallest absolute Gasteiger partial charge is 0.355 e. The van der Waals surface area contributed by atoms with Gasteiger partial charge in [-0.25, -0.2) is 9.59 Å². The molecule has 1 aromatic carbocycles. The lowest BCUT2D eigenvalue weighted by molar-refractivity contribution is -0.143. The Labute approximate surface area is 164 Å². The molecule has 1 aromatic heterocycles. The summed E-state index contributed by atoms with van der Waals surface area (Å²) < 4.78 is 15.3. The van der Waals surface area contributed by atoms with Crippen LogP contribution in [-0.2, 0) is 31.8 Å². The van der Waals surface area contributed by atoms with Crippen molar-refractivity contribution in [2.75, 3.05) is 19.8 Å². The van der Waals surface area contributed by atoms with Crippen molar-refractivity contribution in [2.24, 2.45) is 0 Å². The SMILES string of the molecule is CCOC(=O)CCc1c(C(=O)OCC)[nH]c2c(CC)cc(C(=O)OCC)cc12. The third kappa shape index (κ3) is 4.71. The molecule has 0 aliphatic rings. The molecule has 2 aromatic rings. The molecule has 0 saturated carbocycles. The van der Waals surface area contributed by atoms with Gasteiger partial charge in [0.2, 0.25) is 0 Å². The first kappa shape index (κ1) is 21.5. The van der Waals surface area contributed by atoms with E-state index in [1.165, 1.54) is 0 Å². The van der Waals surface area contributed by atoms with Crippen molar-refractivity contribution in [3.63, 3.8) is 0 Å². The summed E-state index contributed by atoms with van der Waals surface area (Å²) in [7, 11) is 0. The van der Waals surface area contributed by atoms with Crippen LogP contribution < -0.4 is 0 Å². The molecule has 0 amide bonds. The van der Waals surface area contributed by atoms with Gasteiger partial charge >= 0.3 is 17.9 Å². The second-order valence-electron chi connectivity index (χ2n) is 6.14. The van der Waals surface area contributed by atoms with Gasteiger partial charge in [0.15, 0.2) is 0 Å². The number of H-pyrrole nitrogens is 1. The van der Waals surface area contributed by atoms with E-state index < -0.39 is 11.9 Å². The number of benzene rings is 1. The van der Waals surface area contributed by atoms with Gasteiger partial charge in [0.25, 0.3) is 0 Å². The third-order valence-corrected chi connectivity index (χ3v) is 4.35. The van der Waals surface area contributed by atoms with E-state index >= 15 is 0 Å². The van der Waals surface area contributed by atoms with Crippen LogP contribution in [0.3, 0.4) is 0 Å². The second kappa shape index (κ2) is 9.92. The molecule has 1 heterocycles. The van der Waals surface area contributed by atoms with Crippen LogP contribution in [-0.4, -0.2) is 42.7 Å². The number of esters is 3. The number of aromatic amines is 1. The predicted molar refractivity (Wildman–Crippen MR) is 105 cm³/mol. The van der Waals surface area contributed by atoms with Gasteiger partial charge in [-0.3, -0.25) is 4.79 Å². The highest BCUT2D eigenvalue weighted by molar-refractivity contribution is 6.02. The Morgan fingerprint density at radius 3 is 2.14 bits per heavy atom. The Bertz CT molecular complexity index is 867. The molecule has 2 rings (SSSR count). The number of hydrogen-bond donors (Lipinski definition) is 1. The molecular weight excluding hydrogens is 362 g/mol. The number of hydrogen-bond acceptors (Lipinski definition) is 6. The van der Waals surface area contributed by atoms with Crippen molar-refractivity contribution in [2.45, 2.75) is 47.0 Å². The highest BCUT2D eigenvalue weighted by atomic mass is 16.5. The van der Waals surface area contributed by atoms with Crippen LogP contribution >= 0.6 is 0 Å². The molecule has 0 bridgehead atoms. The normalized spacial score (nSPS) is 10.7. The Morgan fingerprint density at radius 1 is 0.893 bits per heavy atom. The highest BCUT2D eigenvalue weighted by Crippen LogP contribution is 2.29. The number of rotatable bonds is 9. The van der Waals surface area contributed by atoms with Crippen LogP contribution in [0, 0.1) is 0 Å². The van der Waals surface area contributed by atoms with Crippen molar-refractivity contribution < 1.29 is 28.6 Å². The van der Waals surface area contributed by atoms with Crippen LogP contribution in [0.15, 0.2) is 12.1 Å². The molecule has 7 heteroatoms. The lowest BCUT2D eigenvalue weighted by Crippen LogP contribution is -2.10. The number of aromatic nitrogens is 1. The molecular formula is C21H27NO6. The van der Waals surface area contributed by atoms with Gasteiger partial charge in [0.05, 0.1) is 25.4 Å². The average molecular weight is 389 g/mol. The fourth-order valence-electron chi connectivity index (χ4n) is 3.13. The monoisotopic (exact) mass is 389 g/mol. The van der Waals surface area contributed by atoms with Gasteiger partial charge in [-0.15, -0.1) is 0 Å². The van der Waals surface area contributed by atoms with Crippen LogP contribution in [0.5, 0.6) is 0 Å². The zero-order valence-corrected chi connectivity index (χ0v) is 16.8. The van der Waals surface area contributed by atoms with E-state index in [0.717, 1.165) is 16.5 Å². The molecule has 28 heavy (non-hydrogen) atoms. The van der Waals surface area contributed by atoms with E-state index in [9.17, 15) is 14.4 Å². The van der Waals surface area contributed by atoms with Gasteiger partial charge in [-0.2, -0.15) is 0 Å². The Kier molecular flexibility index (Phi) is 7.61. The summed E-state index contributed by atoms with van der Waals surface area (Å²) in [4.78, 5) is 39.7. The maximum Gasteiger partial charge on any atom is 0.355 e. The van der Waals surface area contributed by atoms with Crippen LogP contribution in [0.4, 0.5) is 0 Å². The first-order valence-corrected chi connectivity index (χ1v) is 9.63. The van der Waals surface area contributed by atoms with Crippen molar-refractivity contribution in [1.82, 2.24) is 4.98 Å². The minimum Gasteiger partial charge on any atom is -0.466 e. The summed E-state index contributed by atoms with van der Waals surface area (Å²) in [5, 5.41) is 0.717. The van der Waals surface area contributed by atoms with Crippen molar-refractivity contribution in [1.29, 1.82) is 0 Å². The first-order chi connectivity index (χ1) is 13.5. The minimum atomic E-state index is -0.489. The molecule has 0 atom stereocenters. The number of fused-ring (bicyclic) bond motifs is 1. The lowest BCUT2D eigenvalue weighted by atomic mass is 9.99. The molecule has 0 aliphatic carbocycles. The van der Waals surface area contributed by atoms with Gasteiger partial charge < -0.3 is 19.2 Å². The zero-order valence-electron chi connectivity index (χ0n) is 16.8. The third-order valence-electron chi connectivity index (χ3n) is 4.35. The van der Waals surface area contributed by atoms with E-state index in [1.54, 1.807) is 32.9 Å². The van der Waals surface area contributed by atoms with Crippen LogP contribution in [0.25, 0.3) is 10.9 Å². The Hall–Kier alpha value is -2.83. The average Bonchev–Trinajstić information content (AvgIpc) is 3.05. The fraction of sp³-hybridized carbons (Fsp3) is 0.476. The van der Waals surface area contributed by atoms with Crippen molar-refractivity contribution >= 4 is 28.8 Å². The van der Waals surface area contributed by atoms with Gasteiger partial charge in [0.1, 0.15) is 5.69 Å². The standard InChI is InChI=1S/C21H27NO6/c1-5-13-11-14(20(24)27-7-3)12-16-15(9-10-17(23)26-6-2)19(22-18(13)16)21(25)28-8-4/h11-12,22H,5-10H2,1-4H3. The highest BCUT2D eigenvalue weighted by Gasteiger charge is 2.23. The molecule has 0 radical (unpaired) electrons. The molecule has 0 saturated heterocycles. The van der Waals surface area contributed by atoms with Crippen LogP contribution in [0.1, 0.15) is 66.1 Å². The van der Waals surface area contributed by atoms with Crippen LogP contribution in [0.2, 0.25) is 0 Å². The largest absolute Gasteiger partial charge is 0.466 e. The van der Waals surface area contributed by atoms with E-state index in [2.05, 4.69) is 4.98 Å². The molecule has 0 spiro atoms. The van der Waals surface area contributed by atoms with Gasteiger partial charge in [0, 0.05) is 17.3 Å². The van der Waals surface area contributed by atoms with Crippen molar-refractivity contribution in [3.05, 3.63) is 34.5 Å². The number of carbonyl (C=O) groups excluding carboxylic acids is 3. The fourth-order valence-corrected chi connectivity index (χ4v) is 3.13. The number of aryl methyl sites for hydroxylation is 2. The summed E-state index contributed by atoms with van der Waals surface area (Å²) in [5.41, 5.74) is 3.00. The second-order valence-corrected chi connectivity index (χ2v) is 6.14. The Morgan fingerprint density at radius 2 is 1.54 bits per heavy atom. The maximum absolute atomic E-state index is 12.5. The van der Waals surface area contributed by atoms with E-state index in [-0.39, 0.29) is 25.6 Å². The van der Waals surface area contributed by atoms with E-state index in [1.807, 2.05) is 6.92 Å².